The molecular weight excluding hydrogens is 387 g/mol. The Balaban J connectivity index is 1.67. The summed E-state index contributed by atoms with van der Waals surface area (Å²) in [5.41, 5.74) is 1.97. The summed E-state index contributed by atoms with van der Waals surface area (Å²) in [7, 11) is 0. The van der Waals surface area contributed by atoms with Gasteiger partial charge in [0.25, 0.3) is 0 Å². The largest absolute Gasteiger partial charge is 0.462 e. The second-order valence-corrected chi connectivity index (χ2v) is 7.16. The van der Waals surface area contributed by atoms with Gasteiger partial charge in [0.05, 0.1) is 23.3 Å². The summed E-state index contributed by atoms with van der Waals surface area (Å²) in [6.45, 7) is 2.05. The fraction of sp³-hybridized carbons (Fsp3) is 0.111. The van der Waals surface area contributed by atoms with Crippen LogP contribution in [-0.4, -0.2) is 27.5 Å². The summed E-state index contributed by atoms with van der Waals surface area (Å²) in [5, 5.41) is 7.96. The number of nitrogens with one attached hydrogen (secondary N) is 1. The molecule has 27 heavy (non-hydrogen) atoms. The van der Waals surface area contributed by atoms with Gasteiger partial charge in [0, 0.05) is 16.3 Å². The number of carbonyl (C=O) groups excluding carboxylic acids is 1. The van der Waals surface area contributed by atoms with Gasteiger partial charge in [-0.3, -0.25) is 0 Å². The van der Waals surface area contributed by atoms with E-state index in [-0.39, 0.29) is 5.82 Å². The maximum atomic E-state index is 13.1. The highest BCUT2D eigenvalue weighted by Crippen LogP contribution is 2.33. The molecule has 0 amide bonds. The number of anilines is 2. The number of ether oxygens (including phenoxy) is 1. The summed E-state index contributed by atoms with van der Waals surface area (Å²) in [4.78, 5) is 25.9. The molecule has 4 aromatic rings. The van der Waals surface area contributed by atoms with Crippen molar-refractivity contribution in [2.45, 2.75) is 6.92 Å². The van der Waals surface area contributed by atoms with Crippen molar-refractivity contribution in [3.8, 4) is 11.3 Å². The molecule has 0 aliphatic carbocycles. The number of carbonyl (C=O) groups is 1. The highest BCUT2D eigenvalue weighted by molar-refractivity contribution is 7.17. The molecule has 0 saturated heterocycles. The maximum Gasteiger partial charge on any atom is 0.339 e. The number of thiazole rings is 1. The summed E-state index contributed by atoms with van der Waals surface area (Å²) >= 11 is 2.74. The lowest BCUT2D eigenvalue weighted by atomic mass is 10.2. The van der Waals surface area contributed by atoms with Crippen molar-refractivity contribution in [2.24, 2.45) is 0 Å². The Labute approximate surface area is 161 Å². The quantitative estimate of drug-likeness (QED) is 0.482. The Kier molecular flexibility index (Phi) is 4.78. The Morgan fingerprint density at radius 1 is 1.19 bits per heavy atom. The number of nitrogens with zero attached hydrogens (tertiary/aromatic N) is 3. The molecule has 0 radical (unpaired) electrons. The van der Waals surface area contributed by atoms with Crippen molar-refractivity contribution in [3.63, 3.8) is 0 Å². The molecule has 3 heterocycles. The zero-order valence-electron chi connectivity index (χ0n) is 14.1. The second-order valence-electron chi connectivity index (χ2n) is 5.44. The Bertz CT molecular complexity index is 1110. The van der Waals surface area contributed by atoms with Gasteiger partial charge in [0.1, 0.15) is 22.8 Å². The predicted molar refractivity (Wildman–Crippen MR) is 104 cm³/mol. The van der Waals surface area contributed by atoms with Crippen molar-refractivity contribution in [1.82, 2.24) is 15.0 Å². The van der Waals surface area contributed by atoms with E-state index in [2.05, 4.69) is 20.3 Å². The Morgan fingerprint density at radius 3 is 2.78 bits per heavy atom. The lowest BCUT2D eigenvalue weighted by Gasteiger charge is -2.05. The monoisotopic (exact) mass is 400 g/mol. The molecule has 0 aliphatic rings. The SMILES string of the molecule is CCOC(=O)c1csc2ncnc(Nc3nc(-c4ccc(F)cc4)cs3)c12. The van der Waals surface area contributed by atoms with Crippen molar-refractivity contribution in [1.29, 1.82) is 0 Å². The van der Waals surface area contributed by atoms with E-state index in [1.54, 1.807) is 24.4 Å². The maximum absolute atomic E-state index is 13.1. The minimum absolute atomic E-state index is 0.292. The molecule has 9 heteroatoms. The van der Waals surface area contributed by atoms with Crippen LogP contribution in [0.4, 0.5) is 15.3 Å². The highest BCUT2D eigenvalue weighted by Gasteiger charge is 2.19. The smallest absolute Gasteiger partial charge is 0.339 e. The van der Waals surface area contributed by atoms with Gasteiger partial charge in [-0.05, 0) is 31.2 Å². The lowest BCUT2D eigenvalue weighted by Crippen LogP contribution is -2.05. The molecule has 0 bridgehead atoms. The van der Waals surface area contributed by atoms with Crippen LogP contribution in [0, 0.1) is 5.82 Å². The molecule has 0 atom stereocenters. The number of hydrogen-bond donors (Lipinski definition) is 1. The first-order valence-electron chi connectivity index (χ1n) is 8.03. The van der Waals surface area contributed by atoms with E-state index >= 15 is 0 Å². The second kappa shape index (κ2) is 7.37. The van der Waals surface area contributed by atoms with Gasteiger partial charge in [-0.15, -0.1) is 22.7 Å². The summed E-state index contributed by atoms with van der Waals surface area (Å²) < 4.78 is 18.2. The first-order chi connectivity index (χ1) is 13.2. The number of hydrogen-bond acceptors (Lipinski definition) is 8. The Morgan fingerprint density at radius 2 is 2.00 bits per heavy atom. The molecule has 0 aliphatic heterocycles. The number of esters is 1. The standard InChI is InChI=1S/C18H13FN4O2S2/c1-2-25-17(24)12-7-26-16-14(12)15(20-9-21-16)23-18-22-13(8-27-18)10-3-5-11(19)6-4-10/h3-9H,2H2,1H3,(H,20,21,22,23). The van der Waals surface area contributed by atoms with Crippen LogP contribution in [-0.2, 0) is 4.74 Å². The van der Waals surface area contributed by atoms with Crippen LogP contribution >= 0.6 is 22.7 Å². The minimum atomic E-state index is -0.410. The zero-order chi connectivity index (χ0) is 18.8. The average Bonchev–Trinajstić information content (AvgIpc) is 3.30. The zero-order valence-corrected chi connectivity index (χ0v) is 15.7. The topological polar surface area (TPSA) is 77.0 Å². The van der Waals surface area contributed by atoms with Crippen molar-refractivity contribution >= 4 is 49.8 Å². The van der Waals surface area contributed by atoms with Gasteiger partial charge in [-0.1, -0.05) is 0 Å². The molecule has 3 aromatic heterocycles. The highest BCUT2D eigenvalue weighted by atomic mass is 32.1. The molecule has 0 spiro atoms. The van der Waals surface area contributed by atoms with Gasteiger partial charge in [0.2, 0.25) is 0 Å². The van der Waals surface area contributed by atoms with Crippen LogP contribution in [0.5, 0.6) is 0 Å². The van der Waals surface area contributed by atoms with Crippen LogP contribution in [0.3, 0.4) is 0 Å². The average molecular weight is 400 g/mol. The lowest BCUT2D eigenvalue weighted by molar-refractivity contribution is 0.0529. The number of benzene rings is 1. The van der Waals surface area contributed by atoms with Gasteiger partial charge in [-0.25, -0.2) is 24.1 Å². The van der Waals surface area contributed by atoms with E-state index in [9.17, 15) is 9.18 Å². The number of rotatable bonds is 5. The fourth-order valence-electron chi connectivity index (χ4n) is 2.51. The molecular formula is C18H13FN4O2S2. The number of halogens is 1. The van der Waals surface area contributed by atoms with Crippen LogP contribution < -0.4 is 5.32 Å². The van der Waals surface area contributed by atoms with E-state index < -0.39 is 5.97 Å². The van der Waals surface area contributed by atoms with Crippen molar-refractivity contribution < 1.29 is 13.9 Å². The van der Waals surface area contributed by atoms with E-state index in [1.165, 1.54) is 41.1 Å². The van der Waals surface area contributed by atoms with E-state index in [1.807, 2.05) is 5.38 Å². The minimum Gasteiger partial charge on any atom is -0.462 e. The third kappa shape index (κ3) is 3.51. The fourth-order valence-corrected chi connectivity index (χ4v) is 4.11. The van der Waals surface area contributed by atoms with Crippen LogP contribution in [0.25, 0.3) is 21.5 Å². The molecule has 0 saturated carbocycles. The van der Waals surface area contributed by atoms with Gasteiger partial charge in [-0.2, -0.15) is 0 Å². The van der Waals surface area contributed by atoms with Gasteiger partial charge < -0.3 is 10.1 Å². The van der Waals surface area contributed by atoms with Crippen molar-refractivity contribution in [2.75, 3.05) is 11.9 Å². The van der Waals surface area contributed by atoms with E-state index in [0.717, 1.165) is 11.3 Å². The third-order valence-electron chi connectivity index (χ3n) is 3.74. The van der Waals surface area contributed by atoms with E-state index in [4.69, 9.17) is 4.74 Å². The first kappa shape index (κ1) is 17.5. The van der Waals surface area contributed by atoms with E-state index in [0.29, 0.717) is 33.3 Å². The third-order valence-corrected chi connectivity index (χ3v) is 5.38. The van der Waals surface area contributed by atoms with Crippen LogP contribution in [0.15, 0.2) is 41.4 Å². The molecule has 136 valence electrons. The number of fused-ring (bicyclic) bond motifs is 1. The summed E-state index contributed by atoms with van der Waals surface area (Å²) in [6.07, 6.45) is 1.44. The molecule has 0 unspecified atom stereocenters. The molecule has 4 rings (SSSR count). The van der Waals surface area contributed by atoms with Crippen molar-refractivity contribution in [3.05, 3.63) is 52.7 Å². The molecule has 1 N–H and O–H groups in total. The first-order valence-corrected chi connectivity index (χ1v) is 9.79. The Hall–Kier alpha value is -2.91. The normalized spacial score (nSPS) is 10.9. The number of thiophene rings is 1. The van der Waals surface area contributed by atoms with Crippen LogP contribution in [0.2, 0.25) is 0 Å². The van der Waals surface area contributed by atoms with Crippen LogP contribution in [0.1, 0.15) is 17.3 Å². The molecule has 1 aromatic carbocycles. The molecule has 0 fully saturated rings. The van der Waals surface area contributed by atoms with Gasteiger partial charge >= 0.3 is 5.97 Å². The summed E-state index contributed by atoms with van der Waals surface area (Å²) in [6, 6.07) is 6.14. The molecule has 6 nitrogen and oxygen atoms in total. The number of aromatic nitrogens is 3. The summed E-state index contributed by atoms with van der Waals surface area (Å²) in [5.74, 6) is -0.211. The predicted octanol–water partition coefficient (Wildman–Crippen LogP) is 4.87. The van der Waals surface area contributed by atoms with Gasteiger partial charge in [0.15, 0.2) is 5.13 Å².